The first-order valence-electron chi connectivity index (χ1n) is 11.7. The number of imide groups is 1. The molecule has 4 rings (SSSR count). The molecule has 8 nitrogen and oxygen atoms in total. The first-order valence-corrected chi connectivity index (χ1v) is 13.6. The highest BCUT2D eigenvalue weighted by molar-refractivity contribution is 7.92. The quantitative estimate of drug-likeness (QED) is 0.405. The summed E-state index contributed by atoms with van der Waals surface area (Å²) in [5, 5.41) is 0.0559. The molecule has 2 aromatic carbocycles. The Morgan fingerprint density at radius 2 is 1.62 bits per heavy atom. The van der Waals surface area contributed by atoms with Gasteiger partial charge in [-0.05, 0) is 55.2 Å². The molecule has 0 bridgehead atoms. The lowest BCUT2D eigenvalue weighted by molar-refractivity contribution is 0.0641. The zero-order chi connectivity index (χ0) is 27.1. The number of halogens is 1. The molecule has 0 saturated carbocycles. The average Bonchev–Trinajstić information content (AvgIpc) is 3.08. The number of aryl methyl sites for hydroxylation is 1. The van der Waals surface area contributed by atoms with Gasteiger partial charge in [0.15, 0.2) is 0 Å². The van der Waals surface area contributed by atoms with Crippen LogP contribution in [0.15, 0.2) is 53.4 Å². The van der Waals surface area contributed by atoms with Crippen molar-refractivity contribution in [2.45, 2.75) is 51.5 Å². The van der Waals surface area contributed by atoms with Crippen molar-refractivity contribution in [3.8, 4) is 5.88 Å². The Morgan fingerprint density at radius 3 is 2.24 bits per heavy atom. The van der Waals surface area contributed by atoms with Gasteiger partial charge in [-0.1, -0.05) is 50.6 Å². The van der Waals surface area contributed by atoms with Crippen LogP contribution >= 0.6 is 11.6 Å². The van der Waals surface area contributed by atoms with Crippen molar-refractivity contribution in [2.24, 2.45) is 0 Å². The van der Waals surface area contributed by atoms with Crippen LogP contribution in [0.2, 0.25) is 5.02 Å². The number of pyridine rings is 1. The van der Waals surface area contributed by atoms with Crippen LogP contribution < -0.4 is 9.46 Å². The molecule has 2 amide bonds. The maximum Gasteiger partial charge on any atom is 0.264 e. The number of sulfonamides is 1. The first kappa shape index (κ1) is 26.6. The van der Waals surface area contributed by atoms with Gasteiger partial charge in [0.1, 0.15) is 0 Å². The Morgan fingerprint density at radius 1 is 0.973 bits per heavy atom. The molecule has 2 heterocycles. The number of aromatic nitrogens is 1. The van der Waals surface area contributed by atoms with Crippen LogP contribution in [0.1, 0.15) is 65.2 Å². The molecule has 1 aliphatic heterocycles. The second-order valence-electron chi connectivity index (χ2n) is 9.77. The van der Waals surface area contributed by atoms with Crippen LogP contribution in [0, 0.1) is 6.92 Å². The van der Waals surface area contributed by atoms with E-state index < -0.39 is 21.8 Å². The second kappa shape index (κ2) is 9.79. The summed E-state index contributed by atoms with van der Waals surface area (Å²) in [6.45, 7) is 9.97. The van der Waals surface area contributed by atoms with Gasteiger partial charge < -0.3 is 4.74 Å². The Kier molecular flexibility index (Phi) is 7.05. The highest BCUT2D eigenvalue weighted by Gasteiger charge is 2.40. The Hall–Kier alpha value is -3.43. The van der Waals surface area contributed by atoms with Gasteiger partial charge in [-0.3, -0.25) is 19.2 Å². The lowest BCUT2D eigenvalue weighted by Crippen LogP contribution is -2.29. The van der Waals surface area contributed by atoms with Crippen molar-refractivity contribution in [3.63, 3.8) is 0 Å². The monoisotopic (exact) mass is 541 g/mol. The van der Waals surface area contributed by atoms with Crippen LogP contribution in [0.25, 0.3) is 0 Å². The van der Waals surface area contributed by atoms with Crippen molar-refractivity contribution >= 4 is 39.1 Å². The third-order valence-electron chi connectivity index (χ3n) is 6.04. The van der Waals surface area contributed by atoms with E-state index in [1.54, 1.807) is 24.3 Å². The topological polar surface area (TPSA) is 106 Å². The van der Waals surface area contributed by atoms with E-state index in [4.69, 9.17) is 16.3 Å². The smallest absolute Gasteiger partial charge is 0.264 e. The number of anilines is 1. The molecule has 0 aliphatic carbocycles. The van der Waals surface area contributed by atoms with Crippen LogP contribution in [-0.2, 0) is 22.0 Å². The molecule has 0 unspecified atom stereocenters. The molecule has 3 aromatic rings. The zero-order valence-electron chi connectivity index (χ0n) is 21.3. The summed E-state index contributed by atoms with van der Waals surface area (Å²) in [4.78, 5) is 32.1. The maximum absolute atomic E-state index is 13.4. The molecular formula is C27H28ClN3O5S. The molecule has 0 spiro atoms. The van der Waals surface area contributed by atoms with Crippen molar-refractivity contribution < 1.29 is 22.7 Å². The summed E-state index contributed by atoms with van der Waals surface area (Å²) in [7, 11) is -4.05. The number of fused-ring (bicyclic) bond motifs is 1. The van der Waals surface area contributed by atoms with E-state index in [0.717, 1.165) is 16.2 Å². The van der Waals surface area contributed by atoms with Gasteiger partial charge in [0.2, 0.25) is 5.88 Å². The summed E-state index contributed by atoms with van der Waals surface area (Å²) >= 11 is 6.31. The minimum absolute atomic E-state index is 0.0211. The highest BCUT2D eigenvalue weighted by Crippen LogP contribution is 2.37. The van der Waals surface area contributed by atoms with Crippen LogP contribution in [0.4, 0.5) is 5.69 Å². The van der Waals surface area contributed by atoms with Gasteiger partial charge in [0, 0.05) is 11.3 Å². The predicted octanol–water partition coefficient (Wildman–Crippen LogP) is 5.34. The number of benzene rings is 2. The molecule has 194 valence electrons. The van der Waals surface area contributed by atoms with Crippen LogP contribution in [-0.4, -0.2) is 36.7 Å². The molecule has 0 saturated heterocycles. The standard InChI is InChI=1S/C27H28ClN3O5S/c1-6-36-24-17(8-7-16(2)29-24)15-31-25(32)22-20(28)13-14-21(23(22)26(31)33)30-37(34,35)19-11-9-18(10-12-19)27(3,4)5/h7-14,30H,6,15H2,1-5H3. The molecular weight excluding hydrogens is 514 g/mol. The third-order valence-corrected chi connectivity index (χ3v) is 7.73. The lowest BCUT2D eigenvalue weighted by Gasteiger charge is -2.19. The summed E-state index contributed by atoms with van der Waals surface area (Å²) in [6, 6.07) is 12.8. The molecule has 1 aliphatic rings. The highest BCUT2D eigenvalue weighted by atomic mass is 35.5. The number of nitrogens with zero attached hydrogens (tertiary/aromatic N) is 2. The Labute approximate surface area is 221 Å². The van der Waals surface area contributed by atoms with E-state index >= 15 is 0 Å². The van der Waals surface area contributed by atoms with Crippen molar-refractivity contribution in [1.29, 1.82) is 0 Å². The van der Waals surface area contributed by atoms with Gasteiger partial charge in [-0.25, -0.2) is 13.4 Å². The largest absolute Gasteiger partial charge is 0.478 e. The summed E-state index contributed by atoms with van der Waals surface area (Å²) in [5.41, 5.74) is 1.94. The third kappa shape index (κ3) is 5.19. The number of ether oxygens (including phenoxy) is 1. The minimum atomic E-state index is -4.05. The number of carbonyl (C=O) groups is 2. The average molecular weight is 542 g/mol. The Balaban J connectivity index is 1.68. The van der Waals surface area contributed by atoms with E-state index in [-0.39, 0.29) is 38.7 Å². The van der Waals surface area contributed by atoms with E-state index in [0.29, 0.717) is 18.1 Å². The van der Waals surface area contributed by atoms with Gasteiger partial charge in [0.25, 0.3) is 21.8 Å². The number of hydrogen-bond acceptors (Lipinski definition) is 6. The van der Waals surface area contributed by atoms with E-state index in [1.165, 1.54) is 24.3 Å². The number of carbonyl (C=O) groups excluding carboxylic acids is 2. The van der Waals surface area contributed by atoms with Crippen molar-refractivity contribution in [3.05, 3.63) is 81.5 Å². The number of nitrogens with one attached hydrogen (secondary N) is 1. The van der Waals surface area contributed by atoms with Gasteiger partial charge in [-0.2, -0.15) is 0 Å². The molecule has 0 radical (unpaired) electrons. The molecule has 0 atom stereocenters. The number of rotatable bonds is 7. The summed E-state index contributed by atoms with van der Waals surface area (Å²) < 4.78 is 34.4. The summed E-state index contributed by atoms with van der Waals surface area (Å²) in [5.74, 6) is -0.959. The molecule has 1 N–H and O–H groups in total. The van der Waals surface area contributed by atoms with E-state index in [1.807, 2.05) is 34.6 Å². The van der Waals surface area contributed by atoms with Crippen molar-refractivity contribution in [2.75, 3.05) is 11.3 Å². The first-order chi connectivity index (χ1) is 17.3. The summed E-state index contributed by atoms with van der Waals surface area (Å²) in [6.07, 6.45) is 0. The predicted molar refractivity (Wildman–Crippen MR) is 142 cm³/mol. The number of hydrogen-bond donors (Lipinski definition) is 1. The normalized spacial score (nSPS) is 13.6. The fraction of sp³-hybridized carbons (Fsp3) is 0.296. The molecule has 1 aromatic heterocycles. The van der Waals surface area contributed by atoms with E-state index in [9.17, 15) is 18.0 Å². The number of amides is 2. The van der Waals surface area contributed by atoms with Crippen LogP contribution in [0.3, 0.4) is 0 Å². The van der Waals surface area contributed by atoms with Crippen LogP contribution in [0.5, 0.6) is 5.88 Å². The van der Waals surface area contributed by atoms with Gasteiger partial charge >= 0.3 is 0 Å². The Bertz CT molecular complexity index is 1500. The molecule has 0 fully saturated rings. The van der Waals surface area contributed by atoms with Gasteiger partial charge in [-0.15, -0.1) is 0 Å². The van der Waals surface area contributed by atoms with Crippen molar-refractivity contribution in [1.82, 2.24) is 9.88 Å². The molecule has 37 heavy (non-hydrogen) atoms. The lowest BCUT2D eigenvalue weighted by atomic mass is 9.87. The fourth-order valence-electron chi connectivity index (χ4n) is 4.05. The van der Waals surface area contributed by atoms with E-state index in [2.05, 4.69) is 9.71 Å². The second-order valence-corrected chi connectivity index (χ2v) is 11.9. The minimum Gasteiger partial charge on any atom is -0.478 e. The maximum atomic E-state index is 13.4. The zero-order valence-corrected chi connectivity index (χ0v) is 22.8. The fourth-order valence-corrected chi connectivity index (χ4v) is 5.36. The molecule has 10 heteroatoms. The SMILES string of the molecule is CCOc1nc(C)ccc1CN1C(=O)c2c(Cl)ccc(NS(=O)(=O)c3ccc(C(C)(C)C)cc3)c2C1=O. The van der Waals surface area contributed by atoms with Gasteiger partial charge in [0.05, 0.1) is 39.9 Å².